The maximum absolute atomic E-state index is 13.6. The summed E-state index contributed by atoms with van der Waals surface area (Å²) in [6, 6.07) is 6.79. The van der Waals surface area contributed by atoms with Crippen LogP contribution in [0.1, 0.15) is 54.0 Å². The van der Waals surface area contributed by atoms with Crippen LogP contribution in [-0.4, -0.2) is 29.0 Å². The molecule has 1 amide bonds. The van der Waals surface area contributed by atoms with Gasteiger partial charge in [-0.1, -0.05) is 18.2 Å². The Morgan fingerprint density at radius 2 is 1.48 bits per heavy atom. The fraction of sp³-hybridized carbons (Fsp3) is 0.435. The zero-order chi connectivity index (χ0) is 23.4. The molecule has 0 bridgehead atoms. The van der Waals surface area contributed by atoms with E-state index >= 15 is 0 Å². The van der Waals surface area contributed by atoms with E-state index in [0.717, 1.165) is 0 Å². The van der Waals surface area contributed by atoms with Crippen LogP contribution in [0.2, 0.25) is 0 Å². The number of para-hydroxylation sites is 1. The quantitative estimate of drug-likeness (QED) is 0.695. The maximum atomic E-state index is 13.6. The Bertz CT molecular complexity index is 987. The van der Waals surface area contributed by atoms with E-state index in [9.17, 15) is 14.4 Å². The molecule has 3 N–H and O–H groups in total. The topological polar surface area (TPSA) is 117 Å². The largest absolute Gasteiger partial charge is 0.456 e. The van der Waals surface area contributed by atoms with Gasteiger partial charge in [-0.3, -0.25) is 4.79 Å². The Morgan fingerprint density at radius 1 is 0.968 bits per heavy atom. The van der Waals surface area contributed by atoms with Gasteiger partial charge in [-0.25, -0.2) is 9.59 Å². The first kappa shape index (κ1) is 22.4. The van der Waals surface area contributed by atoms with Crippen molar-refractivity contribution >= 4 is 23.5 Å². The van der Waals surface area contributed by atoms with Crippen LogP contribution in [0, 0.1) is 0 Å². The van der Waals surface area contributed by atoms with Crippen LogP contribution >= 0.6 is 0 Å². The highest BCUT2D eigenvalue weighted by Gasteiger charge is 2.62. The summed E-state index contributed by atoms with van der Waals surface area (Å²) in [5, 5.41) is 2.76. The number of ether oxygens (including phenoxy) is 3. The standard InChI is InChI=1S/C23H28N2O6/c1-12-15(18(26)30-21(2,3)4)23(13-10-8-9-11-14(13)25-20(23)28)16(17(24)29-12)19(27)31-22(5,6)7/h8-11H,24H2,1-7H3,(H,25,28)/t23-/m0/s1. The third-order valence-corrected chi connectivity index (χ3v) is 4.74. The molecule has 2 aliphatic rings. The van der Waals surface area contributed by atoms with Gasteiger partial charge in [-0.2, -0.15) is 0 Å². The van der Waals surface area contributed by atoms with Gasteiger partial charge in [-0.15, -0.1) is 0 Å². The van der Waals surface area contributed by atoms with Crippen LogP contribution in [0.4, 0.5) is 5.69 Å². The number of rotatable bonds is 2. The van der Waals surface area contributed by atoms with Crippen molar-refractivity contribution in [3.63, 3.8) is 0 Å². The maximum Gasteiger partial charge on any atom is 0.341 e. The molecule has 2 aliphatic heterocycles. The molecule has 1 spiro atoms. The summed E-state index contributed by atoms with van der Waals surface area (Å²) >= 11 is 0. The molecule has 1 aromatic rings. The predicted octanol–water partition coefficient (Wildman–Crippen LogP) is 3.03. The van der Waals surface area contributed by atoms with E-state index in [4.69, 9.17) is 19.9 Å². The second-order valence-corrected chi connectivity index (χ2v) is 9.53. The molecule has 8 nitrogen and oxygen atoms in total. The van der Waals surface area contributed by atoms with Crippen molar-refractivity contribution in [1.82, 2.24) is 0 Å². The number of fused-ring (bicyclic) bond motifs is 2. The number of hydrogen-bond acceptors (Lipinski definition) is 7. The fourth-order valence-corrected chi connectivity index (χ4v) is 3.80. The zero-order valence-electron chi connectivity index (χ0n) is 18.8. The van der Waals surface area contributed by atoms with Gasteiger partial charge >= 0.3 is 11.9 Å². The van der Waals surface area contributed by atoms with Crippen LogP contribution < -0.4 is 11.1 Å². The number of hydrogen-bond donors (Lipinski definition) is 2. The molecule has 8 heteroatoms. The molecule has 166 valence electrons. The van der Waals surface area contributed by atoms with E-state index < -0.39 is 34.5 Å². The van der Waals surface area contributed by atoms with Crippen LogP contribution in [0.5, 0.6) is 0 Å². The number of nitrogens with one attached hydrogen (secondary N) is 1. The minimum Gasteiger partial charge on any atom is -0.456 e. The number of allylic oxidation sites excluding steroid dienone is 1. The van der Waals surface area contributed by atoms with Crippen LogP contribution in [0.3, 0.4) is 0 Å². The summed E-state index contributed by atoms with van der Waals surface area (Å²) < 4.78 is 16.7. The van der Waals surface area contributed by atoms with Crippen LogP contribution in [0.15, 0.2) is 47.1 Å². The molecule has 0 saturated heterocycles. The lowest BCUT2D eigenvalue weighted by atomic mass is 9.67. The Labute approximate surface area is 181 Å². The van der Waals surface area contributed by atoms with Gasteiger partial charge in [0.15, 0.2) is 0 Å². The summed E-state index contributed by atoms with van der Waals surface area (Å²) in [7, 11) is 0. The molecule has 0 saturated carbocycles. The number of carbonyl (C=O) groups excluding carboxylic acids is 3. The normalized spacial score (nSPS) is 20.9. The second kappa shape index (κ2) is 7.14. The molecule has 0 unspecified atom stereocenters. The first-order valence-corrected chi connectivity index (χ1v) is 9.95. The molecular weight excluding hydrogens is 400 g/mol. The molecule has 1 atom stereocenters. The summed E-state index contributed by atoms with van der Waals surface area (Å²) in [5.74, 6) is -2.48. The first-order valence-electron chi connectivity index (χ1n) is 9.95. The van der Waals surface area contributed by atoms with E-state index in [0.29, 0.717) is 11.3 Å². The van der Waals surface area contributed by atoms with Crippen molar-refractivity contribution in [3.05, 3.63) is 52.6 Å². The molecule has 2 heterocycles. The van der Waals surface area contributed by atoms with Crippen molar-refractivity contribution in [2.24, 2.45) is 5.73 Å². The van der Waals surface area contributed by atoms with Crippen molar-refractivity contribution in [2.45, 2.75) is 65.1 Å². The third-order valence-electron chi connectivity index (χ3n) is 4.74. The number of esters is 2. The Kier molecular flexibility index (Phi) is 5.16. The molecule has 1 aromatic carbocycles. The number of anilines is 1. The van der Waals surface area contributed by atoms with Gasteiger partial charge in [0.2, 0.25) is 11.8 Å². The average molecular weight is 428 g/mol. The van der Waals surface area contributed by atoms with Gasteiger partial charge in [0.1, 0.15) is 33.5 Å². The predicted molar refractivity (Wildman–Crippen MR) is 113 cm³/mol. The minimum absolute atomic E-state index is 0.0749. The number of carbonyl (C=O) groups is 3. The fourth-order valence-electron chi connectivity index (χ4n) is 3.80. The van der Waals surface area contributed by atoms with Crippen molar-refractivity contribution in [3.8, 4) is 0 Å². The zero-order valence-corrected chi connectivity index (χ0v) is 18.8. The van der Waals surface area contributed by atoms with Crippen LogP contribution in [0.25, 0.3) is 0 Å². The molecule has 3 rings (SSSR count). The highest BCUT2D eigenvalue weighted by molar-refractivity contribution is 6.21. The smallest absolute Gasteiger partial charge is 0.341 e. The third kappa shape index (κ3) is 3.78. The molecule has 0 radical (unpaired) electrons. The highest BCUT2D eigenvalue weighted by Crippen LogP contribution is 2.52. The van der Waals surface area contributed by atoms with Gasteiger partial charge in [-0.05, 0) is 54.5 Å². The molecule has 0 aromatic heterocycles. The monoisotopic (exact) mass is 428 g/mol. The van der Waals surface area contributed by atoms with Crippen molar-refractivity contribution in [2.75, 3.05) is 5.32 Å². The molecule has 0 aliphatic carbocycles. The molecular formula is C23H28N2O6. The lowest BCUT2D eigenvalue weighted by Crippen LogP contribution is -2.49. The Morgan fingerprint density at radius 3 is 2.03 bits per heavy atom. The van der Waals surface area contributed by atoms with Crippen molar-refractivity contribution < 1.29 is 28.6 Å². The van der Waals surface area contributed by atoms with E-state index in [2.05, 4.69) is 5.32 Å². The minimum atomic E-state index is -1.87. The number of amides is 1. The summed E-state index contributed by atoms with van der Waals surface area (Å²) in [4.78, 5) is 40.2. The van der Waals surface area contributed by atoms with E-state index in [1.54, 1.807) is 65.8 Å². The van der Waals surface area contributed by atoms with Gasteiger partial charge in [0.05, 0.1) is 0 Å². The Balaban J connectivity index is 2.33. The summed E-state index contributed by atoms with van der Waals surface area (Å²) in [5.41, 5.74) is 3.04. The van der Waals surface area contributed by atoms with Crippen LogP contribution in [-0.2, 0) is 34.0 Å². The number of nitrogens with two attached hydrogens (primary N) is 1. The van der Waals surface area contributed by atoms with Crippen molar-refractivity contribution in [1.29, 1.82) is 0 Å². The lowest BCUT2D eigenvalue weighted by molar-refractivity contribution is -0.153. The number of benzene rings is 1. The lowest BCUT2D eigenvalue weighted by Gasteiger charge is -2.37. The summed E-state index contributed by atoms with van der Waals surface area (Å²) in [6.45, 7) is 11.7. The average Bonchev–Trinajstić information content (AvgIpc) is 2.84. The summed E-state index contributed by atoms with van der Waals surface area (Å²) in [6.07, 6.45) is 0. The molecule has 31 heavy (non-hydrogen) atoms. The van der Waals surface area contributed by atoms with Gasteiger partial charge in [0.25, 0.3) is 0 Å². The molecule has 0 fully saturated rings. The Hall–Kier alpha value is -3.29. The van der Waals surface area contributed by atoms with Gasteiger partial charge < -0.3 is 25.3 Å². The second-order valence-electron chi connectivity index (χ2n) is 9.53. The van der Waals surface area contributed by atoms with E-state index in [-0.39, 0.29) is 22.8 Å². The first-order chi connectivity index (χ1) is 14.2. The highest BCUT2D eigenvalue weighted by atomic mass is 16.6. The van der Waals surface area contributed by atoms with E-state index in [1.807, 2.05) is 0 Å². The van der Waals surface area contributed by atoms with E-state index in [1.165, 1.54) is 6.92 Å². The van der Waals surface area contributed by atoms with Gasteiger partial charge in [0, 0.05) is 11.3 Å². The SMILES string of the molecule is CC1=C(C(=O)OC(C)(C)C)[C@]2(C(=O)Nc3ccccc32)C(C(=O)OC(C)(C)C)=C(N)O1.